The summed E-state index contributed by atoms with van der Waals surface area (Å²) in [4.78, 5) is 96.4. The zero-order valence-corrected chi connectivity index (χ0v) is 39.6. The molecule has 5 heterocycles. The number of rotatable bonds is 14. The summed E-state index contributed by atoms with van der Waals surface area (Å²) in [6.07, 6.45) is 4.61. The quantitative estimate of drug-likeness (QED) is 0.0831. The molecule has 0 bridgehead atoms. The van der Waals surface area contributed by atoms with Crippen molar-refractivity contribution in [2.75, 3.05) is 23.7 Å². The van der Waals surface area contributed by atoms with Crippen LogP contribution in [0.15, 0.2) is 178 Å². The molecule has 2 saturated heterocycles. The maximum absolute atomic E-state index is 14.5. The predicted molar refractivity (Wildman–Crippen MR) is 278 cm³/mol. The standard InChI is InChI=1S/C57H51N9O7/c67-49(33-42-17-11-31-63(42)54(69)51(37-13-3-1-4-14-37)65-46-21-9-7-19-44(46)61-56(65)71)59-40-27-23-36(24-28-40)48-35-58-53(73-48)39-25-29-41(30-26-39)60-50(68)34-43-18-12-32-64(43)55(70)52(38-15-5-2-6-16-38)66-47-22-10-8-20-45(47)62-57(66)72/h1-10,13-16,19-30,35,42-43,51-52H,11-12,17-18,31-34H2,(H,59,67)(H,60,68)(H,61,71)(H,62,72)/t42-,43-,51?,52?/m0/s1. The molecular formula is C57H51N9O7. The number of oxazole rings is 1. The zero-order chi connectivity index (χ0) is 50.0. The SMILES string of the molecule is O=C(C[C@@H]1CCCN1C(=O)C(c1ccccc1)n1c(=O)[nH]c2ccccc21)Nc1ccc(-c2cnc(-c3ccc(NC(=O)C[C@@H]4CCCN4C(=O)C(c4ccccc4)n4c(=O)[nH]c5ccccc54)cc3)o2)cc1. The number of carbonyl (C=O) groups is 4. The highest BCUT2D eigenvalue weighted by Gasteiger charge is 2.39. The van der Waals surface area contributed by atoms with Gasteiger partial charge in [-0.25, -0.2) is 14.6 Å². The van der Waals surface area contributed by atoms with Crippen LogP contribution >= 0.6 is 0 Å². The van der Waals surface area contributed by atoms with Crippen LogP contribution in [0.5, 0.6) is 0 Å². The van der Waals surface area contributed by atoms with Crippen LogP contribution in [0.25, 0.3) is 44.8 Å². The lowest BCUT2D eigenvalue weighted by Crippen LogP contribution is -2.44. The van der Waals surface area contributed by atoms with Crippen LogP contribution in [-0.2, 0) is 19.2 Å². The van der Waals surface area contributed by atoms with Gasteiger partial charge in [0, 0.05) is 60.5 Å². The van der Waals surface area contributed by atoms with Gasteiger partial charge in [-0.05, 0) is 110 Å². The Kier molecular flexibility index (Phi) is 12.7. The molecule has 4 N–H and O–H groups in total. The predicted octanol–water partition coefficient (Wildman–Crippen LogP) is 8.51. The molecule has 2 aliphatic rings. The summed E-state index contributed by atoms with van der Waals surface area (Å²) in [5.74, 6) is -0.0362. The summed E-state index contributed by atoms with van der Waals surface area (Å²) < 4.78 is 9.18. The van der Waals surface area contributed by atoms with E-state index in [1.807, 2.05) is 133 Å². The smallest absolute Gasteiger partial charge is 0.327 e. The molecule has 9 aromatic rings. The molecule has 73 heavy (non-hydrogen) atoms. The van der Waals surface area contributed by atoms with Gasteiger partial charge in [0.05, 0.1) is 28.3 Å². The third kappa shape index (κ3) is 9.37. The van der Waals surface area contributed by atoms with Crippen molar-refractivity contribution < 1.29 is 23.6 Å². The molecule has 0 radical (unpaired) electrons. The van der Waals surface area contributed by atoms with Gasteiger partial charge in [-0.3, -0.25) is 28.3 Å². The number of fused-ring (bicyclic) bond motifs is 2. The average molecular weight is 974 g/mol. The van der Waals surface area contributed by atoms with Crippen molar-refractivity contribution in [3.8, 4) is 22.8 Å². The van der Waals surface area contributed by atoms with Crippen LogP contribution in [0, 0.1) is 0 Å². The number of H-pyrrole nitrogens is 2. The van der Waals surface area contributed by atoms with Crippen molar-refractivity contribution in [3.05, 3.63) is 196 Å². The number of hydrogen-bond acceptors (Lipinski definition) is 8. The number of likely N-dealkylation sites (tertiary alicyclic amines) is 2. The number of anilines is 2. The second-order valence-electron chi connectivity index (χ2n) is 18.6. The zero-order valence-electron chi connectivity index (χ0n) is 39.6. The summed E-state index contributed by atoms with van der Waals surface area (Å²) in [6, 6.07) is 45.0. The lowest BCUT2D eigenvalue weighted by atomic mass is 10.0. The maximum Gasteiger partial charge on any atom is 0.327 e. The van der Waals surface area contributed by atoms with Crippen molar-refractivity contribution in [1.82, 2.24) is 33.9 Å². The molecule has 0 saturated carbocycles. The van der Waals surface area contributed by atoms with E-state index < -0.39 is 12.1 Å². The van der Waals surface area contributed by atoms with Crippen LogP contribution in [0.4, 0.5) is 11.4 Å². The number of nitrogens with zero attached hydrogens (tertiary/aromatic N) is 5. The van der Waals surface area contributed by atoms with Gasteiger partial charge < -0.3 is 34.8 Å². The van der Waals surface area contributed by atoms with E-state index in [9.17, 15) is 28.8 Å². The Morgan fingerprint density at radius 3 is 1.44 bits per heavy atom. The van der Waals surface area contributed by atoms with Gasteiger partial charge in [0.2, 0.25) is 17.7 Å². The highest BCUT2D eigenvalue weighted by atomic mass is 16.4. The summed E-state index contributed by atoms with van der Waals surface area (Å²) in [7, 11) is 0. The Morgan fingerprint density at radius 2 is 0.973 bits per heavy atom. The minimum atomic E-state index is -0.905. The van der Waals surface area contributed by atoms with Crippen molar-refractivity contribution in [2.45, 2.75) is 62.7 Å². The molecule has 4 amide bonds. The van der Waals surface area contributed by atoms with Crippen LogP contribution < -0.4 is 22.0 Å². The van der Waals surface area contributed by atoms with Gasteiger partial charge in [0.15, 0.2) is 5.76 Å². The minimum Gasteiger partial charge on any atom is -0.436 e. The largest absolute Gasteiger partial charge is 0.436 e. The fourth-order valence-corrected chi connectivity index (χ4v) is 10.5. The number of carbonyl (C=O) groups excluding carboxylic acids is 4. The molecule has 0 spiro atoms. The topological polar surface area (TPSA) is 200 Å². The monoisotopic (exact) mass is 973 g/mol. The molecule has 16 nitrogen and oxygen atoms in total. The van der Waals surface area contributed by atoms with E-state index in [-0.39, 0.29) is 59.9 Å². The average Bonchev–Trinajstić information content (AvgIpc) is 4.28. The van der Waals surface area contributed by atoms with Crippen LogP contribution in [-0.4, -0.2) is 82.7 Å². The van der Waals surface area contributed by atoms with Crippen LogP contribution in [0.2, 0.25) is 0 Å². The van der Waals surface area contributed by atoms with E-state index in [0.29, 0.717) is 87.7 Å². The van der Waals surface area contributed by atoms with Crippen molar-refractivity contribution >= 4 is 57.1 Å². The van der Waals surface area contributed by atoms with Gasteiger partial charge in [-0.1, -0.05) is 84.9 Å². The summed E-state index contributed by atoms with van der Waals surface area (Å²) in [5, 5.41) is 5.97. The lowest BCUT2D eigenvalue weighted by Gasteiger charge is -2.29. The molecule has 366 valence electrons. The number of aromatic amines is 2. The van der Waals surface area contributed by atoms with Gasteiger partial charge in [0.25, 0.3) is 11.8 Å². The Hall–Kier alpha value is -9.05. The number of amides is 4. The molecule has 2 aliphatic heterocycles. The lowest BCUT2D eigenvalue weighted by molar-refractivity contribution is -0.136. The van der Waals surface area contributed by atoms with E-state index in [2.05, 4.69) is 25.6 Å². The fraction of sp³-hybridized carbons (Fsp3) is 0.211. The first kappa shape index (κ1) is 46.3. The second kappa shape index (κ2) is 20.0. The highest BCUT2D eigenvalue weighted by molar-refractivity contribution is 5.94. The summed E-state index contributed by atoms with van der Waals surface area (Å²) >= 11 is 0. The van der Waals surface area contributed by atoms with Gasteiger partial charge in [0.1, 0.15) is 12.1 Å². The summed E-state index contributed by atoms with van der Waals surface area (Å²) in [6.45, 7) is 0.957. The first-order valence-electron chi connectivity index (χ1n) is 24.5. The second-order valence-corrected chi connectivity index (χ2v) is 18.6. The number of aromatic nitrogens is 5. The Morgan fingerprint density at radius 1 is 0.548 bits per heavy atom. The van der Waals surface area contributed by atoms with Gasteiger partial charge >= 0.3 is 11.4 Å². The van der Waals surface area contributed by atoms with E-state index in [1.54, 1.807) is 40.3 Å². The van der Waals surface area contributed by atoms with Crippen molar-refractivity contribution in [2.24, 2.45) is 0 Å². The molecule has 16 heteroatoms. The van der Waals surface area contributed by atoms with Crippen molar-refractivity contribution in [1.29, 1.82) is 0 Å². The van der Waals surface area contributed by atoms with Gasteiger partial charge in [-0.15, -0.1) is 0 Å². The molecule has 11 rings (SSSR count). The maximum atomic E-state index is 14.5. The van der Waals surface area contributed by atoms with Gasteiger partial charge in [-0.2, -0.15) is 0 Å². The third-order valence-corrected chi connectivity index (χ3v) is 14.0. The number of hydrogen-bond donors (Lipinski definition) is 4. The Bertz CT molecular complexity index is 3360. The molecule has 2 unspecified atom stereocenters. The minimum absolute atomic E-state index is 0.0937. The molecule has 6 aromatic carbocycles. The first-order chi connectivity index (χ1) is 35.7. The number of para-hydroxylation sites is 4. The van der Waals surface area contributed by atoms with E-state index in [1.165, 1.54) is 9.13 Å². The highest BCUT2D eigenvalue weighted by Crippen LogP contribution is 2.33. The van der Waals surface area contributed by atoms with E-state index >= 15 is 0 Å². The summed E-state index contributed by atoms with van der Waals surface area (Å²) in [5.41, 5.74) is 5.76. The third-order valence-electron chi connectivity index (χ3n) is 14.0. The van der Waals surface area contributed by atoms with Crippen LogP contribution in [0.3, 0.4) is 0 Å². The first-order valence-corrected chi connectivity index (χ1v) is 24.5. The molecule has 3 aromatic heterocycles. The molecule has 4 atom stereocenters. The van der Waals surface area contributed by atoms with E-state index in [4.69, 9.17) is 4.42 Å². The number of nitrogens with one attached hydrogen (secondary N) is 4. The van der Waals surface area contributed by atoms with E-state index in [0.717, 1.165) is 18.4 Å². The normalized spacial score (nSPS) is 16.4. The fourth-order valence-electron chi connectivity index (χ4n) is 10.5. The molecule has 0 aliphatic carbocycles. The molecular weight excluding hydrogens is 923 g/mol. The van der Waals surface area contributed by atoms with Crippen molar-refractivity contribution in [3.63, 3.8) is 0 Å². The number of benzene rings is 6. The Labute approximate surface area is 418 Å². The Balaban J connectivity index is 0.702. The number of imidazole rings is 2. The molecule has 2 fully saturated rings. The van der Waals surface area contributed by atoms with Crippen LogP contribution in [0.1, 0.15) is 61.7 Å².